The maximum absolute atomic E-state index is 11.9. The highest BCUT2D eigenvalue weighted by Crippen LogP contribution is 2.15. The van der Waals surface area contributed by atoms with Crippen molar-refractivity contribution in [2.45, 2.75) is 26.2 Å². The van der Waals surface area contributed by atoms with Gasteiger partial charge in [-0.15, -0.1) is 0 Å². The zero-order valence-electron chi connectivity index (χ0n) is 10.7. The first-order valence-electron chi connectivity index (χ1n) is 6.50. The molecule has 0 radical (unpaired) electrons. The lowest BCUT2D eigenvalue weighted by Gasteiger charge is -2.20. The Morgan fingerprint density at radius 1 is 1.39 bits per heavy atom. The van der Waals surface area contributed by atoms with Gasteiger partial charge in [0.25, 0.3) is 5.56 Å². The highest BCUT2D eigenvalue weighted by atomic mass is 16.3. The van der Waals surface area contributed by atoms with Crippen LogP contribution in [0.5, 0.6) is 5.88 Å². The third kappa shape index (κ3) is 2.81. The molecule has 1 aromatic heterocycles. The van der Waals surface area contributed by atoms with Crippen LogP contribution in [0.4, 0.5) is 5.95 Å². The molecule has 0 saturated carbocycles. The third-order valence-electron chi connectivity index (χ3n) is 3.12. The zero-order chi connectivity index (χ0) is 13.0. The van der Waals surface area contributed by atoms with Crippen molar-refractivity contribution < 1.29 is 5.11 Å². The minimum absolute atomic E-state index is 0.132. The monoisotopic (exact) mass is 252 g/mol. The maximum Gasteiger partial charge on any atom is 0.259 e. The van der Waals surface area contributed by atoms with Crippen LogP contribution < -0.4 is 15.8 Å². The number of hydrogen-bond acceptors (Lipinski definition) is 5. The second-order valence-electron chi connectivity index (χ2n) is 4.53. The summed E-state index contributed by atoms with van der Waals surface area (Å²) in [4.78, 5) is 20.8. The van der Waals surface area contributed by atoms with Crippen molar-refractivity contribution in [2.75, 3.05) is 31.1 Å². The molecule has 0 amide bonds. The van der Waals surface area contributed by atoms with Crippen molar-refractivity contribution in [3.8, 4) is 5.88 Å². The fourth-order valence-corrected chi connectivity index (χ4v) is 2.16. The molecule has 18 heavy (non-hydrogen) atoms. The van der Waals surface area contributed by atoms with Gasteiger partial charge in [-0.3, -0.25) is 9.78 Å². The van der Waals surface area contributed by atoms with Crippen molar-refractivity contribution in [3.05, 3.63) is 15.9 Å². The van der Waals surface area contributed by atoms with Crippen molar-refractivity contribution in [3.63, 3.8) is 0 Å². The highest BCUT2D eigenvalue weighted by molar-refractivity contribution is 5.35. The number of hydrogen-bond donors (Lipinski definition) is 3. The lowest BCUT2D eigenvalue weighted by atomic mass is 10.2. The summed E-state index contributed by atoms with van der Waals surface area (Å²) in [6.07, 6.45) is 2.36. The largest absolute Gasteiger partial charge is 0.493 e. The van der Waals surface area contributed by atoms with Crippen LogP contribution in [0.3, 0.4) is 0 Å². The van der Waals surface area contributed by atoms with Crippen LogP contribution in [0.2, 0.25) is 0 Å². The van der Waals surface area contributed by atoms with Gasteiger partial charge in [0.15, 0.2) is 0 Å². The standard InChI is InChI=1S/C12H20N4O2/c1-2-4-9-10(17)14-12(15-11(9)18)16-7-3-5-13-6-8-16/h13H,2-8H2,1H3,(H2,14,15,17,18). The lowest BCUT2D eigenvalue weighted by molar-refractivity contribution is 0.442. The molecule has 0 aromatic carbocycles. The average molecular weight is 252 g/mol. The van der Waals surface area contributed by atoms with E-state index < -0.39 is 0 Å². The van der Waals surface area contributed by atoms with E-state index in [1.165, 1.54) is 0 Å². The number of nitrogens with one attached hydrogen (secondary N) is 2. The van der Waals surface area contributed by atoms with E-state index >= 15 is 0 Å². The molecular formula is C12H20N4O2. The summed E-state index contributed by atoms with van der Waals surface area (Å²) in [7, 11) is 0. The molecule has 0 aliphatic carbocycles. The van der Waals surface area contributed by atoms with E-state index in [1.807, 2.05) is 11.8 Å². The van der Waals surface area contributed by atoms with Gasteiger partial charge in [-0.25, -0.2) is 0 Å². The van der Waals surface area contributed by atoms with E-state index in [4.69, 9.17) is 0 Å². The molecule has 1 saturated heterocycles. The van der Waals surface area contributed by atoms with Gasteiger partial charge < -0.3 is 15.3 Å². The van der Waals surface area contributed by atoms with Crippen LogP contribution in [-0.2, 0) is 6.42 Å². The Morgan fingerprint density at radius 2 is 2.22 bits per heavy atom. The molecule has 3 N–H and O–H groups in total. The normalized spacial score (nSPS) is 16.6. The van der Waals surface area contributed by atoms with Crippen LogP contribution in [0, 0.1) is 0 Å². The van der Waals surface area contributed by atoms with Gasteiger partial charge in [-0.2, -0.15) is 4.98 Å². The molecule has 1 aliphatic heterocycles. The molecule has 2 heterocycles. The molecule has 0 unspecified atom stereocenters. The molecular weight excluding hydrogens is 232 g/mol. The van der Waals surface area contributed by atoms with Gasteiger partial charge >= 0.3 is 0 Å². The highest BCUT2D eigenvalue weighted by Gasteiger charge is 2.15. The molecule has 0 atom stereocenters. The van der Waals surface area contributed by atoms with Gasteiger partial charge in [0.05, 0.1) is 5.56 Å². The number of nitrogens with zero attached hydrogens (tertiary/aromatic N) is 2. The summed E-state index contributed by atoms with van der Waals surface area (Å²) < 4.78 is 0. The number of rotatable bonds is 3. The fraction of sp³-hybridized carbons (Fsp3) is 0.667. The molecule has 0 bridgehead atoms. The van der Waals surface area contributed by atoms with Gasteiger partial charge in [0, 0.05) is 19.6 Å². The van der Waals surface area contributed by atoms with Crippen LogP contribution in [0.1, 0.15) is 25.3 Å². The van der Waals surface area contributed by atoms with Gasteiger partial charge in [0.2, 0.25) is 11.8 Å². The van der Waals surface area contributed by atoms with Crippen LogP contribution >= 0.6 is 0 Å². The average Bonchev–Trinajstić information content (AvgIpc) is 2.62. The summed E-state index contributed by atoms with van der Waals surface area (Å²) in [5.74, 6) is 0.342. The number of anilines is 1. The first-order valence-corrected chi connectivity index (χ1v) is 6.50. The molecule has 2 rings (SSSR count). The van der Waals surface area contributed by atoms with Gasteiger partial charge in [-0.1, -0.05) is 13.3 Å². The summed E-state index contributed by atoms with van der Waals surface area (Å²) in [6.45, 7) is 5.42. The van der Waals surface area contributed by atoms with E-state index in [0.717, 1.165) is 39.0 Å². The molecule has 6 heteroatoms. The second-order valence-corrected chi connectivity index (χ2v) is 4.53. The van der Waals surface area contributed by atoms with E-state index in [-0.39, 0.29) is 11.4 Å². The van der Waals surface area contributed by atoms with Crippen molar-refractivity contribution >= 4 is 5.95 Å². The Morgan fingerprint density at radius 3 is 2.94 bits per heavy atom. The van der Waals surface area contributed by atoms with E-state index in [9.17, 15) is 9.90 Å². The van der Waals surface area contributed by atoms with Crippen LogP contribution in [0.25, 0.3) is 0 Å². The number of H-pyrrole nitrogens is 1. The predicted octanol–water partition coefficient (Wildman–Crippen LogP) is 0.228. The molecule has 1 aliphatic rings. The fourth-order valence-electron chi connectivity index (χ4n) is 2.16. The third-order valence-corrected chi connectivity index (χ3v) is 3.12. The number of aromatic amines is 1. The van der Waals surface area contributed by atoms with Crippen molar-refractivity contribution in [1.29, 1.82) is 0 Å². The van der Waals surface area contributed by atoms with E-state index in [2.05, 4.69) is 15.3 Å². The topological polar surface area (TPSA) is 81.2 Å². The van der Waals surface area contributed by atoms with Crippen LogP contribution in [0.15, 0.2) is 4.79 Å². The van der Waals surface area contributed by atoms with E-state index in [1.54, 1.807) is 0 Å². The zero-order valence-corrected chi connectivity index (χ0v) is 10.7. The van der Waals surface area contributed by atoms with Crippen molar-refractivity contribution in [2.24, 2.45) is 0 Å². The summed E-state index contributed by atoms with van der Waals surface area (Å²) in [5.41, 5.74) is 0.158. The van der Waals surface area contributed by atoms with Gasteiger partial charge in [-0.05, 0) is 19.4 Å². The summed E-state index contributed by atoms with van der Waals surface area (Å²) in [6, 6.07) is 0. The minimum atomic E-state index is -0.225. The first-order chi connectivity index (χ1) is 8.72. The Labute approximate surface area is 106 Å². The smallest absolute Gasteiger partial charge is 0.259 e. The molecule has 100 valence electrons. The predicted molar refractivity (Wildman–Crippen MR) is 70.2 cm³/mol. The Kier molecular flexibility index (Phi) is 4.19. The Hall–Kier alpha value is -1.56. The summed E-state index contributed by atoms with van der Waals surface area (Å²) in [5, 5.41) is 13.1. The summed E-state index contributed by atoms with van der Waals surface area (Å²) >= 11 is 0. The molecule has 1 fully saturated rings. The van der Waals surface area contributed by atoms with Gasteiger partial charge in [0.1, 0.15) is 0 Å². The number of aromatic hydroxyl groups is 1. The van der Waals surface area contributed by atoms with Crippen LogP contribution in [-0.4, -0.2) is 41.3 Å². The molecule has 1 aromatic rings. The lowest BCUT2D eigenvalue weighted by Crippen LogP contribution is -2.31. The first kappa shape index (κ1) is 12.9. The second kappa shape index (κ2) is 5.86. The number of aromatic nitrogens is 2. The molecule has 6 nitrogen and oxygen atoms in total. The molecule has 0 spiro atoms. The van der Waals surface area contributed by atoms with E-state index in [0.29, 0.717) is 17.9 Å². The Bertz CT molecular complexity index is 450. The SMILES string of the molecule is CCCc1c(O)nc(N2CCCNCC2)[nH]c1=O. The quantitative estimate of drug-likeness (QED) is 0.717. The maximum atomic E-state index is 11.9. The van der Waals surface area contributed by atoms with Crippen molar-refractivity contribution in [1.82, 2.24) is 15.3 Å². The minimum Gasteiger partial charge on any atom is -0.493 e. The Balaban J connectivity index is 2.26.